The Labute approximate surface area is 156 Å². The fourth-order valence-corrected chi connectivity index (χ4v) is 3.30. The van der Waals surface area contributed by atoms with Crippen LogP contribution in [0, 0.1) is 0 Å². The Balaban J connectivity index is 1.76. The summed E-state index contributed by atoms with van der Waals surface area (Å²) in [4.78, 5) is 24.4. The van der Waals surface area contributed by atoms with Crippen LogP contribution in [0.4, 0.5) is 0 Å². The number of hydrogen-bond donors (Lipinski definition) is 1. The smallest absolute Gasteiger partial charge is 0.306 e. The Morgan fingerprint density at radius 3 is 2.54 bits per heavy atom. The second kappa shape index (κ2) is 10.8. The number of esters is 1. The van der Waals surface area contributed by atoms with E-state index in [1.807, 2.05) is 31.2 Å². The van der Waals surface area contributed by atoms with Gasteiger partial charge in [-0.15, -0.1) is 0 Å². The van der Waals surface area contributed by atoms with Gasteiger partial charge < -0.3 is 14.8 Å². The highest BCUT2D eigenvalue weighted by atomic mass is 16.5. The first-order chi connectivity index (χ1) is 12.6. The molecule has 0 saturated heterocycles. The molecule has 1 N–H and O–H groups in total. The number of para-hydroxylation sites is 1. The minimum Gasteiger partial charge on any atom is -0.494 e. The molecule has 0 bridgehead atoms. The summed E-state index contributed by atoms with van der Waals surface area (Å²) in [6.07, 6.45) is 6.81. The molecule has 2 rings (SSSR count). The van der Waals surface area contributed by atoms with E-state index in [-0.39, 0.29) is 24.3 Å². The van der Waals surface area contributed by atoms with Crippen LogP contribution in [-0.2, 0) is 20.7 Å². The Kier molecular flexibility index (Phi) is 8.45. The van der Waals surface area contributed by atoms with Crippen LogP contribution in [0.15, 0.2) is 24.3 Å². The molecule has 1 aliphatic rings. The van der Waals surface area contributed by atoms with Crippen molar-refractivity contribution in [1.82, 2.24) is 5.32 Å². The van der Waals surface area contributed by atoms with Gasteiger partial charge in [0.05, 0.1) is 6.61 Å². The van der Waals surface area contributed by atoms with Crippen LogP contribution in [0.1, 0.15) is 64.4 Å². The monoisotopic (exact) mass is 361 g/mol. The third-order valence-electron chi connectivity index (χ3n) is 4.75. The van der Waals surface area contributed by atoms with Gasteiger partial charge in [0.1, 0.15) is 5.75 Å². The first-order valence-corrected chi connectivity index (χ1v) is 9.80. The van der Waals surface area contributed by atoms with Crippen molar-refractivity contribution in [3.8, 4) is 5.75 Å². The molecule has 1 aromatic carbocycles. The quantitative estimate of drug-likeness (QED) is 0.565. The molecule has 1 fully saturated rings. The van der Waals surface area contributed by atoms with Crippen molar-refractivity contribution < 1.29 is 19.1 Å². The summed E-state index contributed by atoms with van der Waals surface area (Å²) in [6, 6.07) is 7.89. The number of nitrogens with one attached hydrogen (secondary N) is 1. The molecule has 0 unspecified atom stereocenters. The highest BCUT2D eigenvalue weighted by Gasteiger charge is 2.21. The molecule has 144 valence electrons. The van der Waals surface area contributed by atoms with Gasteiger partial charge in [0.15, 0.2) is 6.10 Å². The molecule has 1 aliphatic carbocycles. The summed E-state index contributed by atoms with van der Waals surface area (Å²) in [5, 5.41) is 3.03. The number of benzene rings is 1. The van der Waals surface area contributed by atoms with Gasteiger partial charge in [0, 0.05) is 12.5 Å². The average Bonchev–Trinajstić information content (AvgIpc) is 2.90. The van der Waals surface area contributed by atoms with Gasteiger partial charge in [-0.1, -0.05) is 43.9 Å². The standard InChI is InChI=1S/C21H31NO4/c1-3-25-19-13-9-8-10-17(19)14-15-20(23)26-16(2)21(24)22-18-11-6-4-5-7-12-18/h8-10,13,16,18H,3-7,11-12,14-15H2,1-2H3,(H,22,24)/t16-/m0/s1. The summed E-state index contributed by atoms with van der Waals surface area (Å²) in [7, 11) is 0. The van der Waals surface area contributed by atoms with Crippen molar-refractivity contribution in [2.75, 3.05) is 6.61 Å². The lowest BCUT2D eigenvalue weighted by Crippen LogP contribution is -2.41. The molecule has 26 heavy (non-hydrogen) atoms. The topological polar surface area (TPSA) is 64.6 Å². The first kappa shape index (κ1) is 20.3. The van der Waals surface area contributed by atoms with Gasteiger partial charge in [-0.2, -0.15) is 0 Å². The Hall–Kier alpha value is -2.04. The molecule has 1 atom stereocenters. The van der Waals surface area contributed by atoms with E-state index >= 15 is 0 Å². The third-order valence-corrected chi connectivity index (χ3v) is 4.75. The molecule has 1 saturated carbocycles. The van der Waals surface area contributed by atoms with E-state index in [1.54, 1.807) is 6.92 Å². The van der Waals surface area contributed by atoms with Crippen LogP contribution < -0.4 is 10.1 Å². The largest absolute Gasteiger partial charge is 0.494 e. The highest BCUT2D eigenvalue weighted by molar-refractivity contribution is 5.83. The van der Waals surface area contributed by atoms with Crippen molar-refractivity contribution in [1.29, 1.82) is 0 Å². The maximum atomic E-state index is 12.3. The summed E-state index contributed by atoms with van der Waals surface area (Å²) in [5.74, 6) is 0.238. The van der Waals surface area contributed by atoms with E-state index < -0.39 is 6.10 Å². The number of aryl methyl sites for hydroxylation is 1. The van der Waals surface area contributed by atoms with Crippen molar-refractivity contribution in [2.24, 2.45) is 0 Å². The Morgan fingerprint density at radius 2 is 1.85 bits per heavy atom. The number of carbonyl (C=O) groups is 2. The molecule has 0 aliphatic heterocycles. The summed E-state index contributed by atoms with van der Waals surface area (Å²) in [5.41, 5.74) is 0.974. The van der Waals surface area contributed by atoms with E-state index in [0.29, 0.717) is 13.0 Å². The number of rotatable bonds is 8. The molecule has 5 heteroatoms. The van der Waals surface area contributed by atoms with E-state index in [0.717, 1.165) is 37.0 Å². The zero-order valence-corrected chi connectivity index (χ0v) is 16.0. The summed E-state index contributed by atoms with van der Waals surface area (Å²) >= 11 is 0. The van der Waals surface area contributed by atoms with E-state index in [4.69, 9.17) is 9.47 Å². The zero-order chi connectivity index (χ0) is 18.8. The van der Waals surface area contributed by atoms with E-state index in [9.17, 15) is 9.59 Å². The van der Waals surface area contributed by atoms with Crippen molar-refractivity contribution in [3.05, 3.63) is 29.8 Å². The lowest BCUT2D eigenvalue weighted by Gasteiger charge is -2.19. The normalized spacial score (nSPS) is 16.4. The number of amides is 1. The molecule has 0 radical (unpaired) electrons. The van der Waals surface area contributed by atoms with Gasteiger partial charge in [-0.25, -0.2) is 0 Å². The fourth-order valence-electron chi connectivity index (χ4n) is 3.30. The van der Waals surface area contributed by atoms with Gasteiger partial charge in [-0.3, -0.25) is 9.59 Å². The Bertz CT molecular complexity index is 579. The molecule has 0 spiro atoms. The number of hydrogen-bond acceptors (Lipinski definition) is 4. The van der Waals surface area contributed by atoms with Gasteiger partial charge in [0.2, 0.25) is 0 Å². The van der Waals surface area contributed by atoms with Crippen molar-refractivity contribution in [3.63, 3.8) is 0 Å². The predicted molar refractivity (Wildman–Crippen MR) is 101 cm³/mol. The second-order valence-corrected chi connectivity index (χ2v) is 6.87. The van der Waals surface area contributed by atoms with Crippen molar-refractivity contribution in [2.45, 2.75) is 77.4 Å². The van der Waals surface area contributed by atoms with Gasteiger partial charge in [0.25, 0.3) is 5.91 Å². The summed E-state index contributed by atoms with van der Waals surface area (Å²) < 4.78 is 10.9. The minimum atomic E-state index is -0.757. The molecule has 1 amide bonds. The second-order valence-electron chi connectivity index (χ2n) is 6.87. The maximum absolute atomic E-state index is 12.3. The molecule has 0 heterocycles. The molecule has 5 nitrogen and oxygen atoms in total. The lowest BCUT2D eigenvalue weighted by molar-refractivity contribution is -0.155. The third kappa shape index (κ3) is 6.70. The van der Waals surface area contributed by atoms with Gasteiger partial charge in [-0.05, 0) is 44.7 Å². The maximum Gasteiger partial charge on any atom is 0.306 e. The van der Waals surface area contributed by atoms with Crippen LogP contribution in [0.5, 0.6) is 5.75 Å². The zero-order valence-electron chi connectivity index (χ0n) is 16.0. The fraction of sp³-hybridized carbons (Fsp3) is 0.619. The number of ether oxygens (including phenoxy) is 2. The Morgan fingerprint density at radius 1 is 1.15 bits per heavy atom. The van der Waals surface area contributed by atoms with Crippen LogP contribution in [0.3, 0.4) is 0 Å². The molecule has 1 aromatic rings. The summed E-state index contributed by atoms with van der Waals surface area (Å²) in [6.45, 7) is 4.15. The molecular weight excluding hydrogens is 330 g/mol. The van der Waals surface area contributed by atoms with Crippen LogP contribution in [-0.4, -0.2) is 30.6 Å². The average molecular weight is 361 g/mol. The van der Waals surface area contributed by atoms with Crippen LogP contribution >= 0.6 is 0 Å². The minimum absolute atomic E-state index is 0.194. The number of carbonyl (C=O) groups excluding carboxylic acids is 2. The highest BCUT2D eigenvalue weighted by Crippen LogP contribution is 2.20. The molecule has 0 aromatic heterocycles. The molecular formula is C21H31NO4. The van der Waals surface area contributed by atoms with Gasteiger partial charge >= 0.3 is 5.97 Å². The SMILES string of the molecule is CCOc1ccccc1CCC(=O)O[C@@H](C)C(=O)NC1CCCCCC1. The predicted octanol–water partition coefficient (Wildman–Crippen LogP) is 3.79. The van der Waals surface area contributed by atoms with E-state index in [2.05, 4.69) is 5.32 Å². The van der Waals surface area contributed by atoms with Crippen LogP contribution in [0.25, 0.3) is 0 Å². The van der Waals surface area contributed by atoms with Crippen molar-refractivity contribution >= 4 is 11.9 Å². The van der Waals surface area contributed by atoms with Crippen LogP contribution in [0.2, 0.25) is 0 Å². The first-order valence-electron chi connectivity index (χ1n) is 9.80. The lowest BCUT2D eigenvalue weighted by atomic mass is 10.1. The van der Waals surface area contributed by atoms with E-state index in [1.165, 1.54) is 12.8 Å².